The van der Waals surface area contributed by atoms with Crippen LogP contribution in [0.2, 0.25) is 0 Å². The van der Waals surface area contributed by atoms with E-state index < -0.39 is 5.97 Å². The summed E-state index contributed by atoms with van der Waals surface area (Å²) in [6.45, 7) is 15.7. The van der Waals surface area contributed by atoms with Gasteiger partial charge < -0.3 is 9.47 Å². The van der Waals surface area contributed by atoms with Gasteiger partial charge >= 0.3 is 5.97 Å². The molecule has 3 nitrogen and oxygen atoms in total. The quantitative estimate of drug-likeness (QED) is 0.384. The first kappa shape index (κ1) is 24.6. The van der Waals surface area contributed by atoms with Crippen molar-refractivity contribution in [2.24, 2.45) is 0 Å². The summed E-state index contributed by atoms with van der Waals surface area (Å²) in [6.07, 6.45) is 3.35. The molecule has 0 aliphatic heterocycles. The Labute approximate surface area is 163 Å². The maximum absolute atomic E-state index is 14.4. The molecule has 0 aliphatic rings. The van der Waals surface area contributed by atoms with Gasteiger partial charge in [-0.15, -0.1) is 0 Å². The number of ether oxygens (including phenoxy) is 2. The molecule has 1 rings (SSSR count). The molecule has 0 amide bonds. The fraction of sp³-hybridized carbons (Fsp3) is 0.435. The lowest BCUT2D eigenvalue weighted by atomic mass is 9.93. The van der Waals surface area contributed by atoms with Gasteiger partial charge in [-0.25, -0.2) is 4.39 Å². The number of hydrogen-bond acceptors (Lipinski definition) is 3. The number of rotatable bonds is 8. The zero-order chi connectivity index (χ0) is 21.0. The number of aryl methyl sites for hydroxylation is 2. The van der Waals surface area contributed by atoms with Crippen molar-refractivity contribution in [1.29, 1.82) is 0 Å². The maximum atomic E-state index is 14.4. The zero-order valence-corrected chi connectivity index (χ0v) is 17.7. The zero-order valence-electron chi connectivity index (χ0n) is 17.7. The molecule has 0 radical (unpaired) electrons. The van der Waals surface area contributed by atoms with E-state index in [1.807, 2.05) is 52.8 Å². The third kappa shape index (κ3) is 8.72. The van der Waals surface area contributed by atoms with Gasteiger partial charge in [-0.05, 0) is 68.2 Å². The summed E-state index contributed by atoms with van der Waals surface area (Å²) >= 11 is 0. The molecule has 0 fully saturated rings. The molecule has 1 aromatic rings. The summed E-state index contributed by atoms with van der Waals surface area (Å²) in [5, 5.41) is 0. The molecule has 0 spiro atoms. The Balaban J connectivity index is 0.00000326. The second kappa shape index (κ2) is 12.9. The van der Waals surface area contributed by atoms with Crippen molar-refractivity contribution in [2.45, 2.75) is 54.4 Å². The molecule has 4 heteroatoms. The first-order valence-corrected chi connectivity index (χ1v) is 9.33. The van der Waals surface area contributed by atoms with Crippen molar-refractivity contribution in [3.63, 3.8) is 0 Å². The van der Waals surface area contributed by atoms with E-state index in [2.05, 4.69) is 6.58 Å². The summed E-state index contributed by atoms with van der Waals surface area (Å²) in [7, 11) is 1.62. The van der Waals surface area contributed by atoms with Crippen LogP contribution in [0, 0.1) is 13.8 Å². The van der Waals surface area contributed by atoms with Gasteiger partial charge in [0.05, 0.1) is 20.1 Å². The summed E-state index contributed by atoms with van der Waals surface area (Å²) in [6, 6.07) is 3.83. The molecule has 0 aromatic heterocycles. The van der Waals surface area contributed by atoms with Crippen molar-refractivity contribution in [3.8, 4) is 5.75 Å². The Morgan fingerprint density at radius 2 is 1.70 bits per heavy atom. The first-order valence-electron chi connectivity index (χ1n) is 9.33. The van der Waals surface area contributed by atoms with Crippen molar-refractivity contribution >= 4 is 11.5 Å². The number of esters is 1. The van der Waals surface area contributed by atoms with Gasteiger partial charge in [0.15, 0.2) is 0 Å². The van der Waals surface area contributed by atoms with Gasteiger partial charge in [0.1, 0.15) is 11.6 Å². The normalized spacial score (nSPS) is 11.4. The van der Waals surface area contributed by atoms with Crippen LogP contribution in [0.4, 0.5) is 4.39 Å². The van der Waals surface area contributed by atoms with Gasteiger partial charge in [-0.3, -0.25) is 4.79 Å². The fourth-order valence-electron chi connectivity index (χ4n) is 2.64. The van der Waals surface area contributed by atoms with Crippen molar-refractivity contribution in [1.82, 2.24) is 0 Å². The minimum Gasteiger partial charge on any atom is -0.497 e. The van der Waals surface area contributed by atoms with E-state index in [1.165, 1.54) is 6.08 Å². The molecule has 0 atom stereocenters. The lowest BCUT2D eigenvalue weighted by Gasteiger charge is -2.14. The molecule has 150 valence electrons. The molecule has 0 N–H and O–H groups in total. The average Bonchev–Trinajstić information content (AvgIpc) is 2.60. The molecule has 0 unspecified atom stereocenters. The van der Waals surface area contributed by atoms with Crippen LogP contribution >= 0.6 is 0 Å². The van der Waals surface area contributed by atoms with Crippen LogP contribution in [0.15, 0.2) is 42.3 Å². The Hall–Kier alpha value is -2.36. The van der Waals surface area contributed by atoms with Gasteiger partial charge in [0.25, 0.3) is 0 Å². The number of methoxy groups -OCH3 is 1. The van der Waals surface area contributed by atoms with E-state index in [0.717, 1.165) is 33.6 Å². The SMILES string of the molecule is C=C(C)/C=C(\C=C(/F)CCC(=O)OCC)c1c(C)cc(OC)cc1C.CC. The van der Waals surface area contributed by atoms with E-state index in [4.69, 9.17) is 9.47 Å². The number of benzene rings is 1. The van der Waals surface area contributed by atoms with Crippen molar-refractivity contribution in [3.05, 3.63) is 59.0 Å². The smallest absolute Gasteiger partial charge is 0.306 e. The van der Waals surface area contributed by atoms with Crippen LogP contribution in [-0.4, -0.2) is 19.7 Å². The van der Waals surface area contributed by atoms with Crippen LogP contribution in [-0.2, 0) is 9.53 Å². The van der Waals surface area contributed by atoms with Gasteiger partial charge in [-0.1, -0.05) is 32.1 Å². The van der Waals surface area contributed by atoms with Crippen LogP contribution < -0.4 is 4.74 Å². The predicted octanol–water partition coefficient (Wildman–Crippen LogP) is 6.49. The van der Waals surface area contributed by atoms with E-state index >= 15 is 0 Å². The number of carbonyl (C=O) groups is 1. The third-order valence-corrected chi connectivity index (χ3v) is 3.62. The molecule has 0 heterocycles. The van der Waals surface area contributed by atoms with Crippen LogP contribution in [0.25, 0.3) is 5.57 Å². The van der Waals surface area contributed by atoms with Gasteiger partial charge in [0.2, 0.25) is 0 Å². The van der Waals surface area contributed by atoms with Crippen molar-refractivity contribution in [2.75, 3.05) is 13.7 Å². The average molecular weight is 377 g/mol. The maximum Gasteiger partial charge on any atom is 0.306 e. The minimum absolute atomic E-state index is 0.0145. The fourth-order valence-corrected chi connectivity index (χ4v) is 2.64. The predicted molar refractivity (Wildman–Crippen MR) is 112 cm³/mol. The monoisotopic (exact) mass is 376 g/mol. The highest BCUT2D eigenvalue weighted by Crippen LogP contribution is 2.30. The van der Waals surface area contributed by atoms with E-state index in [9.17, 15) is 9.18 Å². The molecule has 0 saturated carbocycles. The molecular weight excluding hydrogens is 343 g/mol. The molecule has 1 aromatic carbocycles. The Morgan fingerprint density at radius 1 is 1.15 bits per heavy atom. The first-order chi connectivity index (χ1) is 12.8. The highest BCUT2D eigenvalue weighted by Gasteiger charge is 2.11. The van der Waals surface area contributed by atoms with E-state index in [0.29, 0.717) is 6.61 Å². The molecule has 27 heavy (non-hydrogen) atoms. The topological polar surface area (TPSA) is 35.5 Å². The summed E-state index contributed by atoms with van der Waals surface area (Å²) in [5.74, 6) is 0.00338. The van der Waals surface area contributed by atoms with E-state index in [-0.39, 0.29) is 18.7 Å². The van der Waals surface area contributed by atoms with E-state index in [1.54, 1.807) is 14.0 Å². The summed E-state index contributed by atoms with van der Waals surface area (Å²) in [5.41, 5.74) is 4.46. The van der Waals surface area contributed by atoms with Gasteiger partial charge in [0, 0.05) is 6.42 Å². The molecular formula is C23H33FO3. The third-order valence-electron chi connectivity index (χ3n) is 3.62. The second-order valence-electron chi connectivity index (χ2n) is 5.98. The lowest BCUT2D eigenvalue weighted by Crippen LogP contribution is -2.03. The highest BCUT2D eigenvalue weighted by atomic mass is 19.1. The van der Waals surface area contributed by atoms with Crippen LogP contribution in [0.5, 0.6) is 5.75 Å². The minimum atomic E-state index is -0.395. The summed E-state index contributed by atoms with van der Waals surface area (Å²) in [4.78, 5) is 11.4. The number of hydrogen-bond donors (Lipinski definition) is 0. The molecule has 0 bridgehead atoms. The van der Waals surface area contributed by atoms with Crippen LogP contribution in [0.3, 0.4) is 0 Å². The lowest BCUT2D eigenvalue weighted by molar-refractivity contribution is -0.143. The number of allylic oxidation sites excluding steroid dienone is 5. The highest BCUT2D eigenvalue weighted by molar-refractivity contribution is 5.80. The Kier molecular flexibility index (Phi) is 11.8. The standard InChI is InChI=1S/C21H27FO3.C2H6/c1-7-25-20(23)9-8-18(22)13-17(10-14(2)3)21-15(4)11-19(24-6)12-16(21)5;1-2/h10-13H,2,7-9H2,1,3-6H3;1-2H3/b17-10+,18-13-;. The van der Waals surface area contributed by atoms with Gasteiger partial charge in [-0.2, -0.15) is 0 Å². The largest absolute Gasteiger partial charge is 0.497 e. The second-order valence-corrected chi connectivity index (χ2v) is 5.98. The van der Waals surface area contributed by atoms with Crippen molar-refractivity contribution < 1.29 is 18.7 Å². The van der Waals surface area contributed by atoms with Crippen LogP contribution in [0.1, 0.15) is 57.2 Å². The Bertz CT molecular complexity index is 677. The molecule has 0 saturated heterocycles. The Morgan fingerprint density at radius 3 is 2.15 bits per heavy atom. The number of carbonyl (C=O) groups excluding carboxylic acids is 1. The summed E-state index contributed by atoms with van der Waals surface area (Å²) < 4.78 is 24.5. The number of halogens is 1. The molecule has 0 aliphatic carbocycles.